The van der Waals surface area contributed by atoms with Crippen LogP contribution >= 0.6 is 0 Å². The van der Waals surface area contributed by atoms with Crippen molar-refractivity contribution in [3.05, 3.63) is 227 Å². The van der Waals surface area contributed by atoms with Crippen LogP contribution in [0.3, 0.4) is 0 Å². The van der Waals surface area contributed by atoms with Crippen molar-refractivity contribution in [2.24, 2.45) is 0 Å². The predicted octanol–water partition coefficient (Wildman–Crippen LogP) is 17.7. The van der Waals surface area contributed by atoms with Crippen LogP contribution in [0.15, 0.2) is 197 Å². The van der Waals surface area contributed by atoms with Crippen molar-refractivity contribution in [2.75, 3.05) is 4.90 Å². The van der Waals surface area contributed by atoms with Gasteiger partial charge >= 0.3 is 0 Å². The van der Waals surface area contributed by atoms with E-state index < -0.39 is 8.07 Å². The Labute approximate surface area is 415 Å². The smallest absolute Gasteiger partial charge is 0.187 e. The minimum absolute atomic E-state index is 0.214. The lowest BCUT2D eigenvalue weighted by Gasteiger charge is -2.26. The third kappa shape index (κ3) is 6.05. The molecule has 0 N–H and O–H groups in total. The molecule has 0 aliphatic heterocycles. The van der Waals surface area contributed by atoms with Gasteiger partial charge in [0.05, 0.1) is 54.2 Å². The summed E-state index contributed by atoms with van der Waals surface area (Å²) in [6, 6.07) is 68.9. The molecule has 14 rings (SSSR count). The van der Waals surface area contributed by atoms with Gasteiger partial charge in [-0.15, -0.1) is 0 Å². The van der Waals surface area contributed by atoms with Crippen LogP contribution in [0.25, 0.3) is 97.6 Å². The molecule has 72 heavy (non-hydrogen) atoms. The molecule has 0 aliphatic rings. The second-order valence-corrected chi connectivity index (χ2v) is 25.3. The summed E-state index contributed by atoms with van der Waals surface area (Å²) < 4.78 is 16.3. The molecule has 0 bridgehead atoms. The fraction of sp³-hybridized carbons (Fsp3) is 0.0769. The van der Waals surface area contributed by atoms with Gasteiger partial charge < -0.3 is 18.1 Å². The molecule has 14 aromatic rings. The summed E-state index contributed by atoms with van der Waals surface area (Å²) in [6.07, 6.45) is 0. The Balaban J connectivity index is 1.01. The van der Waals surface area contributed by atoms with Gasteiger partial charge in [0.25, 0.3) is 0 Å². The summed E-state index contributed by atoms with van der Waals surface area (Å²) >= 11 is 0. The maximum atomic E-state index is 10.2. The van der Waals surface area contributed by atoms with E-state index in [1.165, 1.54) is 10.6 Å². The predicted molar refractivity (Wildman–Crippen MR) is 300 cm³/mol. The summed E-state index contributed by atoms with van der Waals surface area (Å²) in [5.41, 5.74) is 15.1. The number of fused-ring (bicyclic) bond motifs is 13. The van der Waals surface area contributed by atoms with Crippen molar-refractivity contribution in [1.29, 1.82) is 5.26 Å². The molecule has 0 saturated carbocycles. The maximum absolute atomic E-state index is 10.2. The van der Waals surface area contributed by atoms with E-state index in [0.717, 1.165) is 127 Å². The van der Waals surface area contributed by atoms with E-state index in [0.29, 0.717) is 11.3 Å². The molecule has 0 amide bonds. The summed E-state index contributed by atoms with van der Waals surface area (Å²) in [5, 5.41) is 22.7. The summed E-state index contributed by atoms with van der Waals surface area (Å²) in [7, 11) is -1.75. The van der Waals surface area contributed by atoms with Crippen molar-refractivity contribution in [2.45, 2.75) is 32.5 Å². The molecule has 4 aromatic heterocycles. The van der Waals surface area contributed by atoms with Gasteiger partial charge in [0.2, 0.25) is 0 Å². The third-order valence-corrected chi connectivity index (χ3v) is 17.1. The van der Waals surface area contributed by atoms with E-state index >= 15 is 0 Å². The van der Waals surface area contributed by atoms with Crippen LogP contribution in [0, 0.1) is 24.8 Å². The Kier molecular flexibility index (Phi) is 8.96. The van der Waals surface area contributed by atoms with E-state index in [1.807, 2.05) is 36.4 Å². The first kappa shape index (κ1) is 41.8. The number of furan rings is 2. The lowest BCUT2D eigenvalue weighted by atomic mass is 9.83. The van der Waals surface area contributed by atoms with Crippen LogP contribution in [-0.4, -0.2) is 12.5 Å². The summed E-state index contributed by atoms with van der Waals surface area (Å²) in [6.45, 7) is 17.2. The molecule has 0 saturated heterocycles. The highest BCUT2D eigenvalue weighted by atomic mass is 28.3. The molecule has 0 spiro atoms. The number of nitriles is 1. The van der Waals surface area contributed by atoms with E-state index in [4.69, 9.17) is 15.4 Å². The molecule has 0 radical (unpaired) electrons. The Hall–Kier alpha value is -9.14. The van der Waals surface area contributed by atoms with Crippen LogP contribution in [0.2, 0.25) is 19.6 Å². The van der Waals surface area contributed by atoms with Crippen molar-refractivity contribution < 1.29 is 8.83 Å². The van der Waals surface area contributed by atoms with Crippen molar-refractivity contribution in [3.63, 3.8) is 0 Å². The van der Waals surface area contributed by atoms with Gasteiger partial charge in [-0.3, -0.25) is 0 Å². The number of benzene rings is 10. The highest BCUT2D eigenvalue weighted by Crippen LogP contribution is 2.50. The van der Waals surface area contributed by atoms with Crippen molar-refractivity contribution in [3.8, 4) is 6.07 Å². The van der Waals surface area contributed by atoms with Crippen LogP contribution in [0.4, 0.5) is 22.7 Å². The summed E-state index contributed by atoms with van der Waals surface area (Å²) in [4.78, 5) is 6.15. The zero-order valence-corrected chi connectivity index (χ0v) is 41.1. The number of aryl methyl sites for hydroxylation is 1. The van der Waals surface area contributed by atoms with Crippen LogP contribution in [0.1, 0.15) is 33.7 Å². The highest BCUT2D eigenvalue weighted by molar-refractivity contribution is 6.90. The van der Waals surface area contributed by atoms with Crippen molar-refractivity contribution >= 4 is 129 Å². The number of nitrogens with zero attached hydrogens (tertiary/aromatic N) is 4. The van der Waals surface area contributed by atoms with Crippen LogP contribution in [0.5, 0.6) is 0 Å². The number of hydrogen-bond acceptors (Lipinski definition) is 4. The van der Waals surface area contributed by atoms with E-state index in [2.05, 4.69) is 198 Å². The lowest BCUT2D eigenvalue weighted by molar-refractivity contribution is 0.663. The van der Waals surface area contributed by atoms with E-state index in [-0.39, 0.29) is 5.92 Å². The Morgan fingerprint density at radius 3 is 2.10 bits per heavy atom. The molecule has 340 valence electrons. The SMILES string of the molecule is [C-]#[N+]c1cccc(C(c2ccc3cc4c5ccc(N(c6cccc(C#N)c6)c6cccc7c6oc6c(C)cccc67)c6c7ccccc7n(c4cc3c2)c56)c2cccc3c2oc2c([Si](C)(C)C)cccc23)c1. The number of anilines is 3. The zero-order valence-electron chi connectivity index (χ0n) is 40.1. The second-order valence-electron chi connectivity index (χ2n) is 20.3. The van der Waals surface area contributed by atoms with Gasteiger partial charge in [-0.25, -0.2) is 4.85 Å². The molecule has 6 nitrogen and oxygen atoms in total. The average Bonchev–Trinajstić information content (AvgIpc) is 4.17. The minimum Gasteiger partial charge on any atom is -0.456 e. The minimum atomic E-state index is -1.75. The fourth-order valence-electron chi connectivity index (χ4n) is 11.8. The zero-order chi connectivity index (χ0) is 48.6. The molecule has 0 aliphatic carbocycles. The number of rotatable bonds is 7. The third-order valence-electron chi connectivity index (χ3n) is 15.1. The monoisotopic (exact) mass is 940 g/mol. The van der Waals surface area contributed by atoms with Crippen LogP contribution < -0.4 is 10.1 Å². The molecule has 7 heteroatoms. The van der Waals surface area contributed by atoms with E-state index in [9.17, 15) is 5.26 Å². The number of para-hydroxylation sites is 5. The van der Waals surface area contributed by atoms with Gasteiger partial charge in [-0.1, -0.05) is 159 Å². The van der Waals surface area contributed by atoms with Crippen molar-refractivity contribution in [1.82, 2.24) is 4.40 Å². The van der Waals surface area contributed by atoms with Gasteiger partial charge in [-0.2, -0.15) is 5.26 Å². The lowest BCUT2D eigenvalue weighted by Crippen LogP contribution is -2.37. The normalized spacial score (nSPS) is 12.6. The highest BCUT2D eigenvalue weighted by Gasteiger charge is 2.29. The molecule has 1 atom stereocenters. The average molecular weight is 941 g/mol. The Morgan fingerprint density at radius 2 is 1.26 bits per heavy atom. The molecular formula is C65H44N4O2Si. The number of aromatic nitrogens is 1. The number of hydrogen-bond donors (Lipinski definition) is 0. The Morgan fingerprint density at radius 1 is 0.556 bits per heavy atom. The van der Waals surface area contributed by atoms with Gasteiger partial charge in [0.1, 0.15) is 16.7 Å². The molecule has 10 aromatic carbocycles. The molecule has 1 unspecified atom stereocenters. The first-order valence-corrected chi connectivity index (χ1v) is 27.9. The molecule has 4 heterocycles. The van der Waals surface area contributed by atoms with Gasteiger partial charge in [0, 0.05) is 60.3 Å². The van der Waals surface area contributed by atoms with Crippen LogP contribution in [-0.2, 0) is 0 Å². The van der Waals surface area contributed by atoms with Gasteiger partial charge in [-0.05, 0) is 88.1 Å². The maximum Gasteiger partial charge on any atom is 0.187 e. The van der Waals surface area contributed by atoms with Gasteiger partial charge in [0.15, 0.2) is 11.3 Å². The first-order valence-electron chi connectivity index (χ1n) is 24.4. The molecule has 0 fully saturated rings. The van der Waals surface area contributed by atoms with E-state index in [1.54, 1.807) is 0 Å². The summed E-state index contributed by atoms with van der Waals surface area (Å²) in [5.74, 6) is -0.214. The Bertz CT molecular complexity index is 4690. The first-order chi connectivity index (χ1) is 35.2. The largest absolute Gasteiger partial charge is 0.456 e. The quantitative estimate of drug-likeness (QED) is 0.0907. The topological polar surface area (TPSA) is 62.1 Å². The fourth-order valence-corrected chi connectivity index (χ4v) is 13.3. The standard InChI is InChI=1S/C65H44N4O2Si/c1-38-14-8-20-47-49-22-12-26-56(64(49)70-62(38)47)68(45-18-9-15-39(32-45)37-66)55-31-30-46-53-35-40-28-29-42(33-43(40)36-57(53)69-54-25-7-6-19-51(54)60(55)61(46)69)59(41-16-10-17-44(34-41)67-2)52-24-11-21-48-50-23-13-27-58(72(3,4)5)65(50)71-63(48)52/h6-36,59H,1,3-5H3. The molecular weight excluding hydrogens is 897 g/mol. The second kappa shape index (κ2) is 15.4.